The highest BCUT2D eigenvalue weighted by Crippen LogP contribution is 2.39. The van der Waals surface area contributed by atoms with E-state index in [2.05, 4.69) is 11.1 Å². The van der Waals surface area contributed by atoms with Crippen molar-refractivity contribution in [1.82, 2.24) is 4.98 Å². The van der Waals surface area contributed by atoms with Gasteiger partial charge in [0.2, 0.25) is 0 Å². The second-order valence-electron chi connectivity index (χ2n) is 8.13. The van der Waals surface area contributed by atoms with E-state index in [4.69, 9.17) is 9.84 Å². The van der Waals surface area contributed by atoms with Crippen LogP contribution >= 0.6 is 0 Å². The standard InChI is InChI=1S/C26H23N3O5S/c1-18-4-2-6-22(14-18)35(32,33)29-17-21(9-12-26(30)31)34-25-11-8-19(15-24(25)29)7-10-23-20(16-27)5-3-13-28-23/h2-8,10-11,13-15,21H,9,12,17H2,1H3,(H,30,31)/b10-7+/t21-/m0/s1. The average Bonchev–Trinajstić information content (AvgIpc) is 2.85. The molecule has 0 amide bonds. The molecule has 4 rings (SSSR count). The molecule has 0 saturated heterocycles. The third-order valence-electron chi connectivity index (χ3n) is 5.57. The normalized spacial score (nSPS) is 15.3. The molecule has 0 bridgehead atoms. The molecular formula is C26H23N3O5S. The summed E-state index contributed by atoms with van der Waals surface area (Å²) < 4.78 is 34.6. The van der Waals surface area contributed by atoms with Crippen LogP contribution in [0.3, 0.4) is 0 Å². The Morgan fingerprint density at radius 3 is 2.80 bits per heavy atom. The van der Waals surface area contributed by atoms with Crippen LogP contribution in [0.2, 0.25) is 0 Å². The first kappa shape index (κ1) is 24.0. The molecule has 35 heavy (non-hydrogen) atoms. The molecule has 9 heteroatoms. The monoisotopic (exact) mass is 489 g/mol. The van der Waals surface area contributed by atoms with Crippen LogP contribution in [0.15, 0.2) is 65.7 Å². The van der Waals surface area contributed by atoms with Crippen molar-refractivity contribution in [2.24, 2.45) is 0 Å². The number of nitrogens with zero attached hydrogens (tertiary/aromatic N) is 3. The molecule has 0 spiro atoms. The number of fused-ring (bicyclic) bond motifs is 1. The summed E-state index contributed by atoms with van der Waals surface area (Å²) in [7, 11) is -3.94. The molecule has 1 aromatic heterocycles. The van der Waals surface area contributed by atoms with Gasteiger partial charge in [0.05, 0.1) is 28.4 Å². The number of hydrogen-bond donors (Lipinski definition) is 1. The number of aliphatic carboxylic acids is 1. The SMILES string of the molecule is Cc1cccc(S(=O)(=O)N2C[C@H](CCC(=O)O)Oc3ccc(/C=C/c4ncccc4C#N)cc32)c1. The number of aromatic nitrogens is 1. The van der Waals surface area contributed by atoms with Crippen LogP contribution in [0.4, 0.5) is 5.69 Å². The van der Waals surface area contributed by atoms with Gasteiger partial charge in [-0.3, -0.25) is 14.1 Å². The Labute approximate surface area is 203 Å². The Kier molecular flexibility index (Phi) is 6.85. The minimum Gasteiger partial charge on any atom is -0.486 e. The van der Waals surface area contributed by atoms with E-state index in [1.807, 2.05) is 13.0 Å². The molecule has 1 N–H and O–H groups in total. The van der Waals surface area contributed by atoms with E-state index in [-0.39, 0.29) is 24.3 Å². The molecule has 1 aliphatic rings. The van der Waals surface area contributed by atoms with Crippen molar-refractivity contribution in [3.63, 3.8) is 0 Å². The molecule has 1 atom stereocenters. The number of benzene rings is 2. The van der Waals surface area contributed by atoms with Crippen molar-refractivity contribution >= 4 is 33.8 Å². The highest BCUT2D eigenvalue weighted by molar-refractivity contribution is 7.92. The molecule has 8 nitrogen and oxygen atoms in total. The largest absolute Gasteiger partial charge is 0.486 e. The first-order valence-corrected chi connectivity index (χ1v) is 12.4. The smallest absolute Gasteiger partial charge is 0.303 e. The fraction of sp³-hybridized carbons (Fsp3) is 0.192. The molecule has 3 aromatic rings. The van der Waals surface area contributed by atoms with Crippen molar-refractivity contribution in [3.8, 4) is 11.8 Å². The number of carboxylic acid groups (broad SMARTS) is 1. The van der Waals surface area contributed by atoms with Gasteiger partial charge < -0.3 is 9.84 Å². The van der Waals surface area contributed by atoms with Gasteiger partial charge in [0, 0.05) is 12.6 Å². The maximum atomic E-state index is 13.7. The van der Waals surface area contributed by atoms with Crippen molar-refractivity contribution < 1.29 is 23.1 Å². The van der Waals surface area contributed by atoms with Crippen molar-refractivity contribution in [2.75, 3.05) is 10.8 Å². The number of hydrogen-bond acceptors (Lipinski definition) is 6. The van der Waals surface area contributed by atoms with Gasteiger partial charge in [0.15, 0.2) is 0 Å². The summed E-state index contributed by atoms with van der Waals surface area (Å²) in [6, 6.07) is 17.2. The Balaban J connectivity index is 1.74. The summed E-state index contributed by atoms with van der Waals surface area (Å²) in [6.45, 7) is 1.81. The van der Waals surface area contributed by atoms with Crippen molar-refractivity contribution in [2.45, 2.75) is 30.8 Å². The number of sulfonamides is 1. The van der Waals surface area contributed by atoms with Gasteiger partial charge >= 0.3 is 5.97 Å². The van der Waals surface area contributed by atoms with Crippen LogP contribution in [0.1, 0.15) is 35.2 Å². The highest BCUT2D eigenvalue weighted by Gasteiger charge is 2.34. The van der Waals surface area contributed by atoms with Crippen LogP contribution < -0.4 is 9.04 Å². The molecule has 0 aliphatic carbocycles. The lowest BCUT2D eigenvalue weighted by molar-refractivity contribution is -0.137. The number of aryl methyl sites for hydroxylation is 1. The topological polar surface area (TPSA) is 121 Å². The lowest BCUT2D eigenvalue weighted by Gasteiger charge is -2.35. The number of nitriles is 1. The van der Waals surface area contributed by atoms with Crippen LogP contribution in [0, 0.1) is 18.3 Å². The van der Waals surface area contributed by atoms with Crippen molar-refractivity contribution in [1.29, 1.82) is 5.26 Å². The Morgan fingerprint density at radius 2 is 2.06 bits per heavy atom. The van der Waals surface area contributed by atoms with Gasteiger partial charge in [-0.15, -0.1) is 0 Å². The van der Waals surface area contributed by atoms with Crippen LogP contribution in [0.25, 0.3) is 12.2 Å². The fourth-order valence-corrected chi connectivity index (χ4v) is 5.42. The zero-order valence-corrected chi connectivity index (χ0v) is 19.8. The quantitative estimate of drug-likeness (QED) is 0.527. The van der Waals surface area contributed by atoms with E-state index in [1.165, 1.54) is 10.4 Å². The number of ether oxygens (including phenoxy) is 1. The fourth-order valence-electron chi connectivity index (χ4n) is 3.82. The molecule has 0 saturated carbocycles. The second-order valence-corrected chi connectivity index (χ2v) is 10.00. The van der Waals surface area contributed by atoms with Crippen LogP contribution in [0.5, 0.6) is 5.75 Å². The molecule has 0 fully saturated rings. The Bertz CT molecular complexity index is 1440. The van der Waals surface area contributed by atoms with E-state index in [0.717, 1.165) is 5.56 Å². The summed E-state index contributed by atoms with van der Waals surface area (Å²) in [5.74, 6) is -0.616. The lowest BCUT2D eigenvalue weighted by Crippen LogP contribution is -2.43. The molecule has 178 valence electrons. The van der Waals surface area contributed by atoms with Gasteiger partial charge in [-0.2, -0.15) is 5.26 Å². The molecular weight excluding hydrogens is 466 g/mol. The molecule has 2 aromatic carbocycles. The molecule has 0 radical (unpaired) electrons. The molecule has 1 aliphatic heterocycles. The maximum Gasteiger partial charge on any atom is 0.303 e. The summed E-state index contributed by atoms with van der Waals surface area (Å²) in [5, 5.41) is 18.4. The second kappa shape index (κ2) is 9.99. The summed E-state index contributed by atoms with van der Waals surface area (Å²) in [4.78, 5) is 15.4. The summed E-state index contributed by atoms with van der Waals surface area (Å²) >= 11 is 0. The summed E-state index contributed by atoms with van der Waals surface area (Å²) in [5.41, 5.74) is 2.79. The first-order chi connectivity index (χ1) is 16.8. The van der Waals surface area contributed by atoms with Crippen molar-refractivity contribution in [3.05, 3.63) is 83.2 Å². The van der Waals surface area contributed by atoms with Gasteiger partial charge in [0.1, 0.15) is 17.9 Å². The predicted molar refractivity (Wildman–Crippen MR) is 131 cm³/mol. The third-order valence-corrected chi connectivity index (χ3v) is 7.34. The number of anilines is 1. The minimum absolute atomic E-state index is 0.0114. The number of carbonyl (C=O) groups is 1. The lowest BCUT2D eigenvalue weighted by atomic mass is 10.1. The maximum absolute atomic E-state index is 13.7. The zero-order chi connectivity index (χ0) is 25.0. The van der Waals surface area contributed by atoms with E-state index < -0.39 is 22.1 Å². The Hall–Kier alpha value is -4.16. The molecule has 0 unspecified atom stereocenters. The van der Waals surface area contributed by atoms with Gasteiger partial charge in [-0.25, -0.2) is 8.42 Å². The average molecular weight is 490 g/mol. The molecule has 2 heterocycles. The van der Waals surface area contributed by atoms with E-state index in [1.54, 1.807) is 60.8 Å². The third kappa shape index (κ3) is 5.34. The zero-order valence-electron chi connectivity index (χ0n) is 19.0. The highest BCUT2D eigenvalue weighted by atomic mass is 32.2. The van der Waals surface area contributed by atoms with E-state index >= 15 is 0 Å². The number of pyridine rings is 1. The van der Waals surface area contributed by atoms with Gasteiger partial charge in [0.25, 0.3) is 10.0 Å². The van der Waals surface area contributed by atoms with E-state index in [0.29, 0.717) is 28.3 Å². The number of rotatable bonds is 7. The van der Waals surface area contributed by atoms with Gasteiger partial charge in [-0.1, -0.05) is 24.3 Å². The number of carboxylic acids is 1. The van der Waals surface area contributed by atoms with Crippen LogP contribution in [-0.4, -0.2) is 37.1 Å². The van der Waals surface area contributed by atoms with Gasteiger partial charge in [-0.05, 0) is 66.9 Å². The van der Waals surface area contributed by atoms with E-state index in [9.17, 15) is 18.5 Å². The Morgan fingerprint density at radius 1 is 1.23 bits per heavy atom. The van der Waals surface area contributed by atoms with Crippen LogP contribution in [-0.2, 0) is 14.8 Å². The minimum atomic E-state index is -3.94. The summed E-state index contributed by atoms with van der Waals surface area (Å²) in [6.07, 6.45) is 4.47. The predicted octanol–water partition coefficient (Wildman–Crippen LogP) is 4.25. The first-order valence-electron chi connectivity index (χ1n) is 10.9.